The van der Waals surface area contributed by atoms with Crippen LogP contribution >= 0.6 is 0 Å². The van der Waals surface area contributed by atoms with Gasteiger partial charge in [0.1, 0.15) is 11.5 Å². The Bertz CT molecular complexity index is 2800. The first kappa shape index (κ1) is 33.9. The van der Waals surface area contributed by atoms with Crippen molar-refractivity contribution in [1.29, 1.82) is 0 Å². The summed E-state index contributed by atoms with van der Waals surface area (Å²) in [6, 6.07) is 60.4. The monoisotopic (exact) mass is 722 g/mol. The van der Waals surface area contributed by atoms with E-state index >= 15 is 0 Å². The average Bonchev–Trinajstić information content (AvgIpc) is 3.62. The zero-order chi connectivity index (χ0) is 38.0. The molecule has 1 aliphatic carbocycles. The number of rotatable bonds is 6. The van der Waals surface area contributed by atoms with Gasteiger partial charge in [-0.25, -0.2) is 0 Å². The van der Waals surface area contributed by atoms with E-state index in [0.717, 1.165) is 74.1 Å². The van der Waals surface area contributed by atoms with Crippen LogP contribution in [-0.4, -0.2) is 9.97 Å². The highest BCUT2D eigenvalue weighted by atomic mass is 16.5. The van der Waals surface area contributed by atoms with Gasteiger partial charge in [0.25, 0.3) is 0 Å². The Morgan fingerprint density at radius 2 is 1.04 bits per heavy atom. The molecular formula is C53H42N2O. The van der Waals surface area contributed by atoms with Gasteiger partial charge in [0, 0.05) is 49.8 Å². The highest BCUT2D eigenvalue weighted by molar-refractivity contribution is 5.85. The number of aromatic nitrogens is 2. The van der Waals surface area contributed by atoms with Crippen molar-refractivity contribution in [2.24, 2.45) is 0 Å². The SMILES string of the molecule is CC1(C)c2cccc(-c3ccc4c(c3)Cc3ccccc3-4)c2Oc2c(-c3ccc(-c4ccccc4)nc3C(C)(C)c3cccc(-c4ccccc4)n3)cccc21. The molecular weight excluding hydrogens is 681 g/mol. The van der Waals surface area contributed by atoms with E-state index in [1.807, 2.05) is 12.1 Å². The summed E-state index contributed by atoms with van der Waals surface area (Å²) < 4.78 is 7.29. The fraction of sp³-hybridized carbons (Fsp3) is 0.132. The minimum Gasteiger partial charge on any atom is -0.455 e. The van der Waals surface area contributed by atoms with Crippen molar-refractivity contribution in [3.05, 3.63) is 203 Å². The summed E-state index contributed by atoms with van der Waals surface area (Å²) in [6.45, 7) is 9.12. The third-order valence-corrected chi connectivity index (χ3v) is 12.0. The van der Waals surface area contributed by atoms with E-state index in [1.54, 1.807) is 0 Å². The van der Waals surface area contributed by atoms with Crippen LogP contribution in [0.5, 0.6) is 11.5 Å². The van der Waals surface area contributed by atoms with E-state index < -0.39 is 5.41 Å². The smallest absolute Gasteiger partial charge is 0.139 e. The van der Waals surface area contributed by atoms with Crippen molar-refractivity contribution in [2.75, 3.05) is 0 Å². The van der Waals surface area contributed by atoms with Crippen LogP contribution in [0.4, 0.5) is 0 Å². The topological polar surface area (TPSA) is 35.0 Å². The lowest BCUT2D eigenvalue weighted by atomic mass is 9.73. The molecule has 3 heteroatoms. The van der Waals surface area contributed by atoms with E-state index in [0.29, 0.717) is 0 Å². The molecule has 0 amide bonds. The fourth-order valence-corrected chi connectivity index (χ4v) is 8.87. The van der Waals surface area contributed by atoms with Crippen molar-refractivity contribution >= 4 is 0 Å². The number of ether oxygens (including phenoxy) is 1. The zero-order valence-electron chi connectivity index (χ0n) is 32.2. The maximum atomic E-state index is 7.29. The second-order valence-corrected chi connectivity index (χ2v) is 16.2. The van der Waals surface area contributed by atoms with E-state index in [2.05, 4.69) is 185 Å². The van der Waals surface area contributed by atoms with Gasteiger partial charge < -0.3 is 4.74 Å². The van der Waals surface area contributed by atoms with E-state index in [9.17, 15) is 0 Å². The largest absolute Gasteiger partial charge is 0.455 e. The average molecular weight is 723 g/mol. The number of hydrogen-bond acceptors (Lipinski definition) is 3. The van der Waals surface area contributed by atoms with Gasteiger partial charge in [0.15, 0.2) is 0 Å². The molecule has 0 atom stereocenters. The van der Waals surface area contributed by atoms with Crippen LogP contribution in [-0.2, 0) is 17.3 Å². The van der Waals surface area contributed by atoms with E-state index in [-0.39, 0.29) is 5.41 Å². The van der Waals surface area contributed by atoms with Gasteiger partial charge in [-0.2, -0.15) is 0 Å². The molecule has 1 aliphatic heterocycles. The minimum atomic E-state index is -0.567. The summed E-state index contributed by atoms with van der Waals surface area (Å²) in [4.78, 5) is 10.8. The van der Waals surface area contributed by atoms with Gasteiger partial charge in [-0.15, -0.1) is 0 Å². The Labute approximate surface area is 329 Å². The Morgan fingerprint density at radius 3 is 1.77 bits per heavy atom. The summed E-state index contributed by atoms with van der Waals surface area (Å²) in [5.41, 5.74) is 17.1. The molecule has 8 aromatic rings. The predicted molar refractivity (Wildman–Crippen MR) is 229 cm³/mol. The van der Waals surface area contributed by atoms with Crippen molar-refractivity contribution < 1.29 is 4.74 Å². The molecule has 0 unspecified atom stereocenters. The standard InChI is InChI=1S/C53H42N2O/c1-52(2)44-24-13-22-41(37-28-29-40-38(33-37)32-36-20-11-12-21-39(36)40)49(44)56-50-42(23-14-25-45(50)52)43-30-31-47(35-18-9-6-10-19-35)55-51(43)53(3,4)48-27-15-26-46(54-48)34-16-7-5-8-17-34/h5-31,33H,32H2,1-4H3. The molecule has 0 bridgehead atoms. The third-order valence-electron chi connectivity index (χ3n) is 12.0. The van der Waals surface area contributed by atoms with Gasteiger partial charge in [0.2, 0.25) is 0 Å². The molecule has 0 N–H and O–H groups in total. The van der Waals surface area contributed by atoms with E-state index in [1.165, 1.54) is 33.4 Å². The summed E-state index contributed by atoms with van der Waals surface area (Å²) >= 11 is 0. The Morgan fingerprint density at radius 1 is 0.464 bits per heavy atom. The normalized spacial score (nSPS) is 13.6. The van der Waals surface area contributed by atoms with E-state index in [4.69, 9.17) is 14.7 Å². The first-order valence-corrected chi connectivity index (χ1v) is 19.5. The van der Waals surface area contributed by atoms with Gasteiger partial charge in [-0.1, -0.05) is 166 Å². The predicted octanol–water partition coefficient (Wildman–Crippen LogP) is 13.5. The lowest BCUT2D eigenvalue weighted by molar-refractivity contribution is 0.421. The molecule has 10 rings (SSSR count). The highest BCUT2D eigenvalue weighted by Crippen LogP contribution is 2.55. The molecule has 270 valence electrons. The fourth-order valence-electron chi connectivity index (χ4n) is 8.87. The van der Waals surface area contributed by atoms with Crippen LogP contribution < -0.4 is 4.74 Å². The second-order valence-electron chi connectivity index (χ2n) is 16.2. The van der Waals surface area contributed by atoms with Crippen molar-refractivity contribution in [1.82, 2.24) is 9.97 Å². The molecule has 2 aliphatic rings. The number of fused-ring (bicyclic) bond motifs is 5. The number of benzene rings is 6. The van der Waals surface area contributed by atoms with Gasteiger partial charge in [0.05, 0.1) is 22.8 Å². The van der Waals surface area contributed by atoms with Crippen molar-refractivity contribution in [3.63, 3.8) is 0 Å². The lowest BCUT2D eigenvalue weighted by Crippen LogP contribution is -2.26. The number of nitrogens with zero attached hydrogens (tertiary/aromatic N) is 2. The summed E-state index contributed by atoms with van der Waals surface area (Å²) in [5.74, 6) is 1.79. The molecule has 0 fully saturated rings. The van der Waals surface area contributed by atoms with Crippen LogP contribution in [0.1, 0.15) is 61.3 Å². The zero-order valence-corrected chi connectivity index (χ0v) is 32.2. The summed E-state index contributed by atoms with van der Waals surface area (Å²) in [6.07, 6.45) is 0.946. The van der Waals surface area contributed by atoms with Gasteiger partial charge in [-0.05, 0) is 66.3 Å². The Hall–Kier alpha value is -6.58. The molecule has 0 spiro atoms. The number of pyridine rings is 2. The Balaban J connectivity index is 1.13. The molecule has 56 heavy (non-hydrogen) atoms. The summed E-state index contributed by atoms with van der Waals surface area (Å²) in [7, 11) is 0. The van der Waals surface area contributed by atoms with Crippen LogP contribution in [0.2, 0.25) is 0 Å². The third kappa shape index (κ3) is 5.49. The maximum Gasteiger partial charge on any atom is 0.139 e. The quantitative estimate of drug-likeness (QED) is 0.171. The van der Waals surface area contributed by atoms with Crippen LogP contribution in [0.25, 0.3) is 55.9 Å². The molecule has 3 heterocycles. The van der Waals surface area contributed by atoms with Crippen molar-refractivity contribution in [3.8, 4) is 67.4 Å². The molecule has 0 radical (unpaired) electrons. The number of hydrogen-bond donors (Lipinski definition) is 0. The van der Waals surface area contributed by atoms with Crippen molar-refractivity contribution in [2.45, 2.75) is 44.9 Å². The second kappa shape index (κ2) is 13.0. The Kier molecular flexibility index (Phi) is 7.90. The first-order chi connectivity index (χ1) is 27.3. The highest BCUT2D eigenvalue weighted by Gasteiger charge is 2.39. The van der Waals surface area contributed by atoms with Gasteiger partial charge >= 0.3 is 0 Å². The molecule has 0 saturated carbocycles. The molecule has 2 aromatic heterocycles. The van der Waals surface area contributed by atoms with Crippen LogP contribution in [0.3, 0.4) is 0 Å². The molecule has 0 saturated heterocycles. The summed E-state index contributed by atoms with van der Waals surface area (Å²) in [5, 5.41) is 0. The molecule has 6 aromatic carbocycles. The van der Waals surface area contributed by atoms with Crippen LogP contribution in [0, 0.1) is 0 Å². The molecule has 3 nitrogen and oxygen atoms in total. The number of para-hydroxylation sites is 2. The van der Waals surface area contributed by atoms with Gasteiger partial charge in [-0.3, -0.25) is 9.97 Å². The van der Waals surface area contributed by atoms with Crippen LogP contribution in [0.15, 0.2) is 170 Å². The maximum absolute atomic E-state index is 7.29. The first-order valence-electron chi connectivity index (χ1n) is 19.5. The lowest BCUT2D eigenvalue weighted by Gasteiger charge is -2.37. The minimum absolute atomic E-state index is 0.319.